The molecule has 0 saturated heterocycles. The Morgan fingerprint density at radius 3 is 2.83 bits per heavy atom. The average Bonchev–Trinajstić information content (AvgIpc) is 2.82. The molecule has 0 atom stereocenters. The standard InChI is InChI=1S/C14H15ClFNS/c1-2-7-17-9-11-4-6-14(18-11)10-3-5-12(15)13(16)8-10/h3-6,8,17H,2,7,9H2,1H3. The van der Waals surface area contributed by atoms with E-state index in [0.717, 1.165) is 30.0 Å². The summed E-state index contributed by atoms with van der Waals surface area (Å²) in [5.41, 5.74) is 0.878. The summed E-state index contributed by atoms with van der Waals surface area (Å²) in [5, 5.41) is 3.52. The third-order valence-electron chi connectivity index (χ3n) is 2.59. The van der Waals surface area contributed by atoms with Crippen molar-refractivity contribution < 1.29 is 4.39 Å². The topological polar surface area (TPSA) is 12.0 Å². The molecule has 2 aromatic rings. The van der Waals surface area contributed by atoms with Crippen molar-refractivity contribution in [1.82, 2.24) is 5.32 Å². The van der Waals surface area contributed by atoms with Gasteiger partial charge in [0.25, 0.3) is 0 Å². The molecule has 96 valence electrons. The number of thiophene rings is 1. The average molecular weight is 284 g/mol. The van der Waals surface area contributed by atoms with Crippen molar-refractivity contribution in [3.63, 3.8) is 0 Å². The Morgan fingerprint density at radius 1 is 1.28 bits per heavy atom. The highest BCUT2D eigenvalue weighted by Gasteiger charge is 2.06. The van der Waals surface area contributed by atoms with Crippen molar-refractivity contribution in [2.75, 3.05) is 6.54 Å². The quantitative estimate of drug-likeness (QED) is 0.784. The van der Waals surface area contributed by atoms with Gasteiger partial charge in [0, 0.05) is 16.3 Å². The third-order valence-corrected chi connectivity index (χ3v) is 4.03. The first-order valence-corrected chi connectivity index (χ1v) is 7.15. The first-order valence-electron chi connectivity index (χ1n) is 5.95. The van der Waals surface area contributed by atoms with Crippen LogP contribution in [0.2, 0.25) is 5.02 Å². The second-order valence-electron chi connectivity index (χ2n) is 4.07. The molecule has 0 fully saturated rings. The van der Waals surface area contributed by atoms with Gasteiger partial charge in [0.2, 0.25) is 0 Å². The van der Waals surface area contributed by atoms with E-state index in [1.165, 1.54) is 10.9 Å². The van der Waals surface area contributed by atoms with Crippen LogP contribution in [0.4, 0.5) is 4.39 Å². The zero-order valence-corrected chi connectivity index (χ0v) is 11.7. The van der Waals surface area contributed by atoms with Crippen molar-refractivity contribution in [3.05, 3.63) is 46.0 Å². The molecule has 0 spiro atoms. The molecule has 2 rings (SSSR count). The van der Waals surface area contributed by atoms with Crippen LogP contribution >= 0.6 is 22.9 Å². The molecule has 1 nitrogen and oxygen atoms in total. The predicted molar refractivity (Wildman–Crippen MR) is 76.7 cm³/mol. The van der Waals surface area contributed by atoms with E-state index in [1.54, 1.807) is 17.4 Å². The largest absolute Gasteiger partial charge is 0.312 e. The number of hydrogen-bond donors (Lipinski definition) is 1. The maximum Gasteiger partial charge on any atom is 0.142 e. The van der Waals surface area contributed by atoms with E-state index in [4.69, 9.17) is 11.6 Å². The van der Waals surface area contributed by atoms with Gasteiger partial charge in [-0.25, -0.2) is 4.39 Å². The van der Waals surface area contributed by atoms with Crippen LogP contribution in [0.15, 0.2) is 30.3 Å². The Bertz CT molecular complexity index is 524. The highest BCUT2D eigenvalue weighted by molar-refractivity contribution is 7.15. The molecule has 0 radical (unpaired) electrons. The van der Waals surface area contributed by atoms with E-state index in [-0.39, 0.29) is 10.8 Å². The Morgan fingerprint density at radius 2 is 2.11 bits per heavy atom. The van der Waals surface area contributed by atoms with Crippen LogP contribution in [-0.2, 0) is 6.54 Å². The van der Waals surface area contributed by atoms with Gasteiger partial charge in [0.05, 0.1) is 5.02 Å². The van der Waals surface area contributed by atoms with Gasteiger partial charge in [-0.1, -0.05) is 24.6 Å². The normalized spacial score (nSPS) is 10.8. The molecular weight excluding hydrogens is 269 g/mol. The molecule has 0 saturated carbocycles. The van der Waals surface area contributed by atoms with Crippen molar-refractivity contribution in [2.45, 2.75) is 19.9 Å². The fourth-order valence-corrected chi connectivity index (χ4v) is 2.76. The number of benzene rings is 1. The summed E-state index contributed by atoms with van der Waals surface area (Å²) in [7, 11) is 0. The minimum absolute atomic E-state index is 0.167. The third kappa shape index (κ3) is 3.31. The van der Waals surface area contributed by atoms with Crippen LogP contribution in [0.25, 0.3) is 10.4 Å². The lowest BCUT2D eigenvalue weighted by atomic mass is 10.2. The van der Waals surface area contributed by atoms with E-state index in [0.29, 0.717) is 0 Å². The highest BCUT2D eigenvalue weighted by Crippen LogP contribution is 2.30. The number of halogens is 2. The van der Waals surface area contributed by atoms with Crippen LogP contribution < -0.4 is 5.32 Å². The molecule has 0 unspecified atom stereocenters. The van der Waals surface area contributed by atoms with Crippen LogP contribution in [0.5, 0.6) is 0 Å². The summed E-state index contributed by atoms with van der Waals surface area (Å²) in [6.07, 6.45) is 1.13. The fraction of sp³-hybridized carbons (Fsp3) is 0.286. The summed E-state index contributed by atoms with van der Waals surface area (Å²) < 4.78 is 13.4. The van der Waals surface area contributed by atoms with Gasteiger partial charge in [-0.3, -0.25) is 0 Å². The van der Waals surface area contributed by atoms with Gasteiger partial charge in [-0.05, 0) is 42.8 Å². The van der Waals surface area contributed by atoms with Gasteiger partial charge in [0.1, 0.15) is 5.82 Å². The smallest absolute Gasteiger partial charge is 0.142 e. The first kappa shape index (κ1) is 13.5. The van der Waals surface area contributed by atoms with E-state index in [2.05, 4.69) is 18.3 Å². The molecule has 4 heteroatoms. The SMILES string of the molecule is CCCNCc1ccc(-c2ccc(Cl)c(F)c2)s1. The van der Waals surface area contributed by atoms with Crippen LogP contribution in [-0.4, -0.2) is 6.54 Å². The maximum absolute atomic E-state index is 13.4. The molecule has 0 bridgehead atoms. The predicted octanol–water partition coefficient (Wildman–Crippen LogP) is 4.71. The molecule has 0 aliphatic carbocycles. The van der Waals surface area contributed by atoms with Gasteiger partial charge >= 0.3 is 0 Å². The Labute approximate surface area is 116 Å². The fourth-order valence-electron chi connectivity index (χ4n) is 1.67. The molecule has 1 N–H and O–H groups in total. The second-order valence-corrected chi connectivity index (χ2v) is 5.65. The zero-order chi connectivity index (χ0) is 13.0. The summed E-state index contributed by atoms with van der Waals surface area (Å²) in [4.78, 5) is 2.33. The number of nitrogens with one attached hydrogen (secondary N) is 1. The molecular formula is C14H15ClFNS. The minimum Gasteiger partial charge on any atom is -0.312 e. The van der Waals surface area contributed by atoms with E-state index in [1.807, 2.05) is 12.1 Å². The summed E-state index contributed by atoms with van der Waals surface area (Å²) in [6.45, 7) is 4.03. The highest BCUT2D eigenvalue weighted by atomic mass is 35.5. The lowest BCUT2D eigenvalue weighted by Crippen LogP contribution is -2.12. The molecule has 1 aromatic carbocycles. The lowest BCUT2D eigenvalue weighted by Gasteiger charge is -2.00. The summed E-state index contributed by atoms with van der Waals surface area (Å²) >= 11 is 7.35. The van der Waals surface area contributed by atoms with Crippen molar-refractivity contribution in [2.24, 2.45) is 0 Å². The minimum atomic E-state index is -0.367. The van der Waals surface area contributed by atoms with Gasteiger partial charge < -0.3 is 5.32 Å². The van der Waals surface area contributed by atoms with Gasteiger partial charge in [0.15, 0.2) is 0 Å². The van der Waals surface area contributed by atoms with Crippen LogP contribution in [0.3, 0.4) is 0 Å². The van der Waals surface area contributed by atoms with E-state index >= 15 is 0 Å². The molecule has 1 aromatic heterocycles. The van der Waals surface area contributed by atoms with E-state index < -0.39 is 0 Å². The second kappa shape index (κ2) is 6.32. The molecule has 0 aliphatic rings. The van der Waals surface area contributed by atoms with Crippen molar-refractivity contribution in [1.29, 1.82) is 0 Å². The van der Waals surface area contributed by atoms with Crippen LogP contribution in [0.1, 0.15) is 18.2 Å². The molecule has 18 heavy (non-hydrogen) atoms. The zero-order valence-electron chi connectivity index (χ0n) is 10.2. The lowest BCUT2D eigenvalue weighted by molar-refractivity contribution is 0.629. The van der Waals surface area contributed by atoms with Crippen LogP contribution in [0, 0.1) is 5.82 Å². The van der Waals surface area contributed by atoms with Crippen molar-refractivity contribution >= 4 is 22.9 Å². The van der Waals surface area contributed by atoms with Gasteiger partial charge in [-0.2, -0.15) is 0 Å². The Kier molecular flexibility index (Phi) is 4.75. The summed E-state index contributed by atoms with van der Waals surface area (Å²) in [5.74, 6) is -0.367. The monoisotopic (exact) mass is 283 g/mol. The molecule has 1 heterocycles. The van der Waals surface area contributed by atoms with Gasteiger partial charge in [-0.15, -0.1) is 11.3 Å². The maximum atomic E-state index is 13.4. The molecule has 0 aliphatic heterocycles. The Hall–Kier alpha value is -0.900. The molecule has 0 amide bonds. The summed E-state index contributed by atoms with van der Waals surface area (Å²) in [6, 6.07) is 9.03. The van der Waals surface area contributed by atoms with E-state index in [9.17, 15) is 4.39 Å². The first-order chi connectivity index (χ1) is 8.70. The number of hydrogen-bond acceptors (Lipinski definition) is 2. The number of rotatable bonds is 5. The Balaban J connectivity index is 2.11. The van der Waals surface area contributed by atoms with Crippen molar-refractivity contribution in [3.8, 4) is 10.4 Å².